The molecule has 0 radical (unpaired) electrons. The average molecular weight is 403 g/mol. The molecule has 0 unspecified atom stereocenters. The molecule has 30 heavy (non-hydrogen) atoms. The van der Waals surface area contributed by atoms with Gasteiger partial charge in [0.15, 0.2) is 0 Å². The van der Waals surface area contributed by atoms with Gasteiger partial charge in [-0.2, -0.15) is 5.26 Å². The monoisotopic (exact) mass is 403 g/mol. The molecule has 8 nitrogen and oxygen atoms in total. The first kappa shape index (κ1) is 20.4. The Morgan fingerprint density at radius 2 is 1.87 bits per heavy atom. The zero-order valence-corrected chi connectivity index (χ0v) is 16.0. The first-order valence-corrected chi connectivity index (χ1v) is 8.78. The van der Waals surface area contributed by atoms with Gasteiger partial charge in [-0.15, -0.1) is 0 Å². The van der Waals surface area contributed by atoms with E-state index in [4.69, 9.17) is 19.5 Å². The van der Waals surface area contributed by atoms with E-state index in [1.54, 1.807) is 48.5 Å². The minimum absolute atomic E-state index is 0.0107. The van der Waals surface area contributed by atoms with E-state index in [1.165, 1.54) is 25.8 Å². The molecule has 1 heterocycles. The van der Waals surface area contributed by atoms with Gasteiger partial charge in [0, 0.05) is 0 Å². The fourth-order valence-electron chi connectivity index (χ4n) is 2.63. The first-order chi connectivity index (χ1) is 14.6. The standard InChI is InChI=1S/C22H17N3O5/c1-28-13-18(22(26)27)17-8-4-2-7-16(17)12-29-20-10-21(25-14-24-20)30-19-9-5-3-6-15(19)11-23/h2-10,13-14H,12H2,1H3,(H,26,27)/b18-13+. The summed E-state index contributed by atoms with van der Waals surface area (Å²) in [6.45, 7) is 0.0652. The van der Waals surface area contributed by atoms with Crippen LogP contribution in [0.2, 0.25) is 0 Å². The summed E-state index contributed by atoms with van der Waals surface area (Å²) < 4.78 is 16.3. The Bertz CT molecular complexity index is 1120. The van der Waals surface area contributed by atoms with Crippen LogP contribution in [0.1, 0.15) is 16.7 Å². The number of nitriles is 1. The Hall–Kier alpha value is -4.38. The molecule has 3 rings (SSSR count). The van der Waals surface area contributed by atoms with Crippen LogP contribution in [0.15, 0.2) is 67.2 Å². The van der Waals surface area contributed by atoms with Crippen LogP contribution in [0.3, 0.4) is 0 Å². The summed E-state index contributed by atoms with van der Waals surface area (Å²) in [4.78, 5) is 19.6. The molecule has 150 valence electrons. The number of hydrogen-bond donors (Lipinski definition) is 1. The maximum absolute atomic E-state index is 11.5. The highest BCUT2D eigenvalue weighted by Crippen LogP contribution is 2.26. The lowest BCUT2D eigenvalue weighted by Crippen LogP contribution is -2.06. The number of carboxylic acids is 1. The quantitative estimate of drug-likeness (QED) is 0.446. The van der Waals surface area contributed by atoms with Crippen molar-refractivity contribution in [2.75, 3.05) is 7.11 Å². The van der Waals surface area contributed by atoms with Gasteiger partial charge >= 0.3 is 5.97 Å². The van der Waals surface area contributed by atoms with Crippen LogP contribution in [-0.4, -0.2) is 28.2 Å². The van der Waals surface area contributed by atoms with Crippen LogP contribution < -0.4 is 9.47 Å². The Labute approximate surface area is 172 Å². The molecule has 0 saturated heterocycles. The van der Waals surface area contributed by atoms with Gasteiger partial charge in [0.1, 0.15) is 30.3 Å². The fraction of sp³-hybridized carbons (Fsp3) is 0.0909. The highest BCUT2D eigenvalue weighted by atomic mass is 16.5. The maximum atomic E-state index is 11.5. The fourth-order valence-corrected chi connectivity index (χ4v) is 2.63. The van der Waals surface area contributed by atoms with Crippen LogP contribution in [0.25, 0.3) is 5.57 Å². The maximum Gasteiger partial charge on any atom is 0.339 e. The molecular weight excluding hydrogens is 386 g/mol. The molecule has 0 atom stereocenters. The Kier molecular flexibility index (Phi) is 6.59. The van der Waals surface area contributed by atoms with Crippen LogP contribution in [0.4, 0.5) is 0 Å². The number of aliphatic carboxylic acids is 1. The number of hydrogen-bond acceptors (Lipinski definition) is 7. The molecule has 3 aromatic rings. The summed E-state index contributed by atoms with van der Waals surface area (Å²) in [5.41, 5.74) is 1.49. The number of carboxylic acid groups (broad SMARTS) is 1. The van der Waals surface area contributed by atoms with Gasteiger partial charge in [0.2, 0.25) is 11.8 Å². The van der Waals surface area contributed by atoms with E-state index in [9.17, 15) is 9.90 Å². The Morgan fingerprint density at radius 3 is 2.63 bits per heavy atom. The van der Waals surface area contributed by atoms with E-state index < -0.39 is 5.97 Å². The summed E-state index contributed by atoms with van der Waals surface area (Å²) in [6.07, 6.45) is 2.45. The van der Waals surface area contributed by atoms with Gasteiger partial charge in [-0.05, 0) is 23.3 Å². The van der Waals surface area contributed by atoms with Crippen molar-refractivity contribution >= 4 is 11.5 Å². The van der Waals surface area contributed by atoms with E-state index in [0.29, 0.717) is 22.4 Å². The number of ether oxygens (including phenoxy) is 3. The highest BCUT2D eigenvalue weighted by molar-refractivity contribution is 6.15. The topological polar surface area (TPSA) is 115 Å². The third-order valence-electron chi connectivity index (χ3n) is 3.99. The number of aromatic nitrogens is 2. The lowest BCUT2D eigenvalue weighted by atomic mass is 10.0. The molecule has 0 aliphatic rings. The van der Waals surface area contributed by atoms with Gasteiger partial charge in [0.05, 0.1) is 25.0 Å². The average Bonchev–Trinajstić information content (AvgIpc) is 2.77. The second-order valence-electron chi connectivity index (χ2n) is 5.92. The largest absolute Gasteiger partial charge is 0.503 e. The minimum Gasteiger partial charge on any atom is -0.503 e. The van der Waals surface area contributed by atoms with Crippen molar-refractivity contribution < 1.29 is 24.1 Å². The van der Waals surface area contributed by atoms with Gasteiger partial charge in [-0.25, -0.2) is 14.8 Å². The molecule has 0 spiro atoms. The summed E-state index contributed by atoms with van der Waals surface area (Å²) in [6, 6.07) is 17.3. The second-order valence-corrected chi connectivity index (χ2v) is 5.92. The molecule has 8 heteroatoms. The normalized spacial score (nSPS) is 10.7. The van der Waals surface area contributed by atoms with Crippen molar-refractivity contribution in [3.8, 4) is 23.6 Å². The van der Waals surface area contributed by atoms with Crippen molar-refractivity contribution in [3.05, 3.63) is 83.9 Å². The van der Waals surface area contributed by atoms with E-state index in [2.05, 4.69) is 16.0 Å². The van der Waals surface area contributed by atoms with Crippen molar-refractivity contribution in [2.45, 2.75) is 6.61 Å². The van der Waals surface area contributed by atoms with E-state index in [0.717, 1.165) is 0 Å². The van der Waals surface area contributed by atoms with E-state index in [1.807, 2.05) is 0 Å². The Balaban J connectivity index is 1.78. The molecule has 0 fully saturated rings. The predicted octanol–water partition coefficient (Wildman–Crippen LogP) is 3.79. The van der Waals surface area contributed by atoms with Crippen molar-refractivity contribution in [1.29, 1.82) is 5.26 Å². The number of methoxy groups -OCH3 is 1. The van der Waals surface area contributed by atoms with Crippen molar-refractivity contribution in [1.82, 2.24) is 9.97 Å². The van der Waals surface area contributed by atoms with E-state index in [-0.39, 0.29) is 23.9 Å². The predicted molar refractivity (Wildman–Crippen MR) is 107 cm³/mol. The Morgan fingerprint density at radius 1 is 1.13 bits per heavy atom. The van der Waals surface area contributed by atoms with Crippen LogP contribution in [0, 0.1) is 11.3 Å². The third-order valence-corrected chi connectivity index (χ3v) is 3.99. The van der Waals surface area contributed by atoms with Gasteiger partial charge in [-0.1, -0.05) is 36.4 Å². The minimum atomic E-state index is -1.11. The first-order valence-electron chi connectivity index (χ1n) is 8.78. The molecule has 2 aromatic carbocycles. The van der Waals surface area contributed by atoms with Crippen LogP contribution >= 0.6 is 0 Å². The van der Waals surface area contributed by atoms with Crippen LogP contribution in [0.5, 0.6) is 17.5 Å². The molecule has 0 aliphatic carbocycles. The summed E-state index contributed by atoms with van der Waals surface area (Å²) in [7, 11) is 1.38. The number of rotatable bonds is 8. The SMILES string of the molecule is CO/C=C(/C(=O)O)c1ccccc1COc1cc(Oc2ccccc2C#N)ncn1. The number of benzene rings is 2. The van der Waals surface area contributed by atoms with Gasteiger partial charge < -0.3 is 19.3 Å². The van der Waals surface area contributed by atoms with Crippen molar-refractivity contribution in [2.24, 2.45) is 0 Å². The van der Waals surface area contributed by atoms with E-state index >= 15 is 0 Å². The van der Waals surface area contributed by atoms with Crippen LogP contribution in [-0.2, 0) is 16.1 Å². The molecular formula is C22H17N3O5. The molecule has 0 saturated carbocycles. The molecule has 1 aromatic heterocycles. The zero-order valence-electron chi connectivity index (χ0n) is 16.0. The zero-order chi connectivity index (χ0) is 21.3. The number of nitrogens with zero attached hydrogens (tertiary/aromatic N) is 3. The third kappa shape index (κ3) is 4.91. The highest BCUT2D eigenvalue weighted by Gasteiger charge is 2.15. The van der Waals surface area contributed by atoms with Crippen molar-refractivity contribution in [3.63, 3.8) is 0 Å². The molecule has 1 N–H and O–H groups in total. The number of para-hydroxylation sites is 1. The molecule has 0 amide bonds. The summed E-state index contributed by atoms with van der Waals surface area (Å²) >= 11 is 0. The summed E-state index contributed by atoms with van der Waals surface area (Å²) in [5.74, 6) is -0.303. The number of carbonyl (C=O) groups is 1. The smallest absolute Gasteiger partial charge is 0.339 e. The second kappa shape index (κ2) is 9.71. The molecule has 0 aliphatic heterocycles. The lowest BCUT2D eigenvalue weighted by molar-refractivity contribution is -0.130. The van der Waals surface area contributed by atoms with Gasteiger partial charge in [0.25, 0.3) is 0 Å². The lowest BCUT2D eigenvalue weighted by Gasteiger charge is -2.12. The molecule has 0 bridgehead atoms. The van der Waals surface area contributed by atoms with Gasteiger partial charge in [-0.3, -0.25) is 0 Å². The summed E-state index contributed by atoms with van der Waals surface area (Å²) in [5, 5.41) is 18.6.